The number of carbonyl (C=O) groups excluding carboxylic acids is 1. The SMILES string of the molecule is COC(=O)CC(c1cc(OC)c(OC)cc1OC)c1oc(CN2C[C@H]3C[C@@H](C2)c2cccc(=O)n2C3)cc(=O)c1O. The van der Waals surface area contributed by atoms with Crippen LogP contribution >= 0.6 is 0 Å². The molecule has 2 aromatic heterocycles. The Kier molecular flexibility index (Phi) is 8.07. The van der Waals surface area contributed by atoms with E-state index in [1.54, 1.807) is 24.3 Å². The van der Waals surface area contributed by atoms with Gasteiger partial charge in [-0.2, -0.15) is 0 Å². The number of esters is 1. The highest BCUT2D eigenvalue weighted by Gasteiger charge is 2.35. The monoisotopic (exact) mass is 566 g/mol. The highest BCUT2D eigenvalue weighted by Crippen LogP contribution is 2.43. The molecule has 41 heavy (non-hydrogen) atoms. The number of methoxy groups -OCH3 is 4. The van der Waals surface area contributed by atoms with Crippen LogP contribution in [0.5, 0.6) is 23.0 Å². The summed E-state index contributed by atoms with van der Waals surface area (Å²) in [5.41, 5.74) is 0.859. The van der Waals surface area contributed by atoms with Crippen molar-refractivity contribution in [1.29, 1.82) is 0 Å². The number of carbonyl (C=O) groups is 1. The molecule has 3 atom stereocenters. The van der Waals surface area contributed by atoms with Crippen LogP contribution in [0, 0.1) is 5.92 Å². The van der Waals surface area contributed by atoms with Gasteiger partial charge < -0.3 is 33.0 Å². The van der Waals surface area contributed by atoms with E-state index in [1.807, 2.05) is 10.6 Å². The third-order valence-corrected chi connectivity index (χ3v) is 7.96. The fraction of sp³-hybridized carbons (Fsp3) is 0.433. The molecule has 11 heteroatoms. The van der Waals surface area contributed by atoms with Gasteiger partial charge in [-0.1, -0.05) is 6.07 Å². The molecular weight excluding hydrogens is 532 g/mol. The maximum absolute atomic E-state index is 13.0. The van der Waals surface area contributed by atoms with Crippen molar-refractivity contribution in [1.82, 2.24) is 9.47 Å². The second-order valence-electron chi connectivity index (χ2n) is 10.5. The van der Waals surface area contributed by atoms with Crippen LogP contribution in [0.1, 0.15) is 47.5 Å². The fourth-order valence-corrected chi connectivity index (χ4v) is 6.13. The van der Waals surface area contributed by atoms with E-state index in [0.29, 0.717) is 48.2 Å². The first-order valence-electron chi connectivity index (χ1n) is 13.4. The molecule has 1 aromatic carbocycles. The standard InChI is InChI=1S/C30H34N2O9/c1-37-24-12-26(39-3)25(38-2)10-20(24)21(11-28(35)40-4)30-29(36)23(33)9-19(41-30)16-31-13-17-8-18(15-31)22-6-5-7-27(34)32(22)14-17/h5-7,9-10,12,17-18,21,36H,8,11,13-16H2,1-4H3/t17-,18+,21?/m1/s1. The van der Waals surface area contributed by atoms with Crippen LogP contribution in [0.4, 0.5) is 0 Å². The molecule has 0 saturated carbocycles. The van der Waals surface area contributed by atoms with Crippen LogP contribution in [0.25, 0.3) is 0 Å². The molecule has 218 valence electrons. The van der Waals surface area contributed by atoms with E-state index in [4.69, 9.17) is 23.4 Å². The Hall–Kier alpha value is -4.25. The van der Waals surface area contributed by atoms with Crippen LogP contribution in [-0.2, 0) is 22.6 Å². The average Bonchev–Trinajstić information content (AvgIpc) is 2.97. The van der Waals surface area contributed by atoms with Crippen molar-refractivity contribution < 1.29 is 33.3 Å². The van der Waals surface area contributed by atoms with Crippen molar-refractivity contribution in [3.8, 4) is 23.0 Å². The quantitative estimate of drug-likeness (QED) is 0.386. The van der Waals surface area contributed by atoms with Crippen molar-refractivity contribution in [2.45, 2.75) is 37.8 Å². The number of likely N-dealkylation sites (tertiary alicyclic amines) is 1. The first kappa shape index (κ1) is 28.3. The minimum absolute atomic E-state index is 0.0158. The summed E-state index contributed by atoms with van der Waals surface area (Å²) >= 11 is 0. The lowest BCUT2D eigenvalue weighted by atomic mass is 9.83. The first-order chi connectivity index (χ1) is 19.8. The number of hydrogen-bond acceptors (Lipinski definition) is 10. The highest BCUT2D eigenvalue weighted by molar-refractivity contribution is 5.72. The van der Waals surface area contributed by atoms with Crippen molar-refractivity contribution in [2.24, 2.45) is 5.92 Å². The summed E-state index contributed by atoms with van der Waals surface area (Å²) in [5.74, 6) is -0.221. The third-order valence-electron chi connectivity index (χ3n) is 7.96. The predicted octanol–water partition coefficient (Wildman–Crippen LogP) is 2.85. The largest absolute Gasteiger partial charge is 0.502 e. The number of ether oxygens (including phenoxy) is 4. The maximum atomic E-state index is 13.0. The number of nitrogens with zero attached hydrogens (tertiary/aromatic N) is 2. The Morgan fingerprint density at radius 3 is 2.44 bits per heavy atom. The fourth-order valence-electron chi connectivity index (χ4n) is 6.13. The van der Waals surface area contributed by atoms with E-state index < -0.39 is 23.1 Å². The number of aromatic nitrogens is 1. The van der Waals surface area contributed by atoms with Crippen LogP contribution < -0.4 is 25.2 Å². The van der Waals surface area contributed by atoms with Gasteiger partial charge in [0.15, 0.2) is 17.3 Å². The molecule has 0 aliphatic carbocycles. The van der Waals surface area contributed by atoms with Gasteiger partial charge in [0.1, 0.15) is 11.5 Å². The summed E-state index contributed by atoms with van der Waals surface area (Å²) in [7, 11) is 5.69. The Balaban J connectivity index is 1.51. The smallest absolute Gasteiger partial charge is 0.306 e. The zero-order valence-corrected chi connectivity index (χ0v) is 23.5. The van der Waals surface area contributed by atoms with Gasteiger partial charge in [0, 0.05) is 55.0 Å². The van der Waals surface area contributed by atoms with E-state index in [0.717, 1.165) is 18.7 Å². The molecule has 5 rings (SSSR count). The molecule has 1 fully saturated rings. The Morgan fingerprint density at radius 1 is 1.00 bits per heavy atom. The highest BCUT2D eigenvalue weighted by atomic mass is 16.5. The number of rotatable bonds is 9. The molecule has 2 aliphatic rings. The molecule has 4 heterocycles. The zero-order valence-electron chi connectivity index (χ0n) is 23.5. The van der Waals surface area contributed by atoms with Gasteiger partial charge in [-0.25, -0.2) is 0 Å². The number of hydrogen-bond donors (Lipinski definition) is 1. The first-order valence-corrected chi connectivity index (χ1v) is 13.4. The van der Waals surface area contributed by atoms with Crippen LogP contribution in [0.15, 0.2) is 50.4 Å². The lowest BCUT2D eigenvalue weighted by Crippen LogP contribution is -2.46. The van der Waals surface area contributed by atoms with Crippen molar-refractivity contribution in [3.05, 3.63) is 79.8 Å². The summed E-state index contributed by atoms with van der Waals surface area (Å²) in [4.78, 5) is 40.1. The van der Waals surface area contributed by atoms with Gasteiger partial charge in [0.2, 0.25) is 11.2 Å². The predicted molar refractivity (Wildman–Crippen MR) is 148 cm³/mol. The Morgan fingerprint density at radius 2 is 1.73 bits per heavy atom. The third kappa shape index (κ3) is 5.54. The molecule has 3 aromatic rings. The molecule has 2 aliphatic heterocycles. The lowest BCUT2D eigenvalue weighted by molar-refractivity contribution is -0.140. The van der Waals surface area contributed by atoms with Gasteiger partial charge in [0.05, 0.1) is 47.3 Å². The van der Waals surface area contributed by atoms with Crippen LogP contribution in [0.2, 0.25) is 0 Å². The van der Waals surface area contributed by atoms with Crippen LogP contribution in [-0.4, -0.2) is 62.1 Å². The summed E-state index contributed by atoms with van der Waals surface area (Å²) in [6, 6.07) is 9.90. The van der Waals surface area contributed by atoms with Gasteiger partial charge in [-0.3, -0.25) is 19.3 Å². The summed E-state index contributed by atoms with van der Waals surface area (Å²) < 4.78 is 29.4. The van der Waals surface area contributed by atoms with Gasteiger partial charge >= 0.3 is 5.97 Å². The molecule has 1 N–H and O–H groups in total. The normalized spacial score (nSPS) is 18.7. The van der Waals surface area contributed by atoms with Gasteiger partial charge in [-0.05, 0) is 24.5 Å². The Bertz CT molecular complexity index is 1560. The van der Waals surface area contributed by atoms with Crippen LogP contribution in [0.3, 0.4) is 0 Å². The molecule has 1 unspecified atom stereocenters. The summed E-state index contributed by atoms with van der Waals surface area (Å²) in [6.07, 6.45) is 0.757. The molecule has 2 bridgehead atoms. The number of piperidine rings is 1. The van der Waals surface area contributed by atoms with Crippen molar-refractivity contribution >= 4 is 5.97 Å². The average molecular weight is 567 g/mol. The molecule has 0 amide bonds. The second-order valence-corrected chi connectivity index (χ2v) is 10.5. The number of fused-ring (bicyclic) bond motifs is 4. The lowest BCUT2D eigenvalue weighted by Gasteiger charge is -2.42. The van der Waals surface area contributed by atoms with E-state index in [-0.39, 0.29) is 29.6 Å². The minimum Gasteiger partial charge on any atom is -0.502 e. The number of pyridine rings is 1. The van der Waals surface area contributed by atoms with E-state index in [9.17, 15) is 19.5 Å². The van der Waals surface area contributed by atoms with E-state index in [1.165, 1.54) is 34.5 Å². The molecule has 11 nitrogen and oxygen atoms in total. The maximum Gasteiger partial charge on any atom is 0.306 e. The van der Waals surface area contributed by atoms with Gasteiger partial charge in [-0.15, -0.1) is 0 Å². The number of benzene rings is 1. The van der Waals surface area contributed by atoms with E-state index in [2.05, 4.69) is 4.90 Å². The van der Waals surface area contributed by atoms with Gasteiger partial charge in [0.25, 0.3) is 5.56 Å². The number of aromatic hydroxyl groups is 1. The topological polar surface area (TPSA) is 130 Å². The molecule has 0 radical (unpaired) electrons. The molecular formula is C30H34N2O9. The Labute approximate surface area is 236 Å². The molecule has 0 spiro atoms. The summed E-state index contributed by atoms with van der Waals surface area (Å²) in [5, 5.41) is 10.9. The molecule has 1 saturated heterocycles. The minimum atomic E-state index is -0.927. The summed E-state index contributed by atoms with van der Waals surface area (Å²) in [6.45, 7) is 2.38. The van der Waals surface area contributed by atoms with E-state index >= 15 is 0 Å². The zero-order chi connectivity index (χ0) is 29.3. The van der Waals surface area contributed by atoms with Crippen molar-refractivity contribution in [2.75, 3.05) is 41.5 Å². The van der Waals surface area contributed by atoms with Crippen molar-refractivity contribution in [3.63, 3.8) is 0 Å². The second kappa shape index (κ2) is 11.7.